The number of benzene rings is 1. The fourth-order valence-electron chi connectivity index (χ4n) is 1.79. The van der Waals surface area contributed by atoms with Crippen LogP contribution in [0.25, 0.3) is 0 Å². The maximum Gasteiger partial charge on any atom is 0.0931 e. The first-order chi connectivity index (χ1) is 6.97. The van der Waals surface area contributed by atoms with Gasteiger partial charge in [0.2, 0.25) is 0 Å². The van der Waals surface area contributed by atoms with Crippen molar-refractivity contribution in [2.24, 2.45) is 0 Å². The second kappa shape index (κ2) is 5.10. The van der Waals surface area contributed by atoms with Crippen molar-refractivity contribution in [2.45, 2.75) is 26.2 Å². The van der Waals surface area contributed by atoms with Gasteiger partial charge >= 0.3 is 0 Å². The summed E-state index contributed by atoms with van der Waals surface area (Å²) in [6, 6.07) is 6.31. The van der Waals surface area contributed by atoms with Gasteiger partial charge in [0.25, 0.3) is 0 Å². The van der Waals surface area contributed by atoms with Gasteiger partial charge in [-0.25, -0.2) is 0 Å². The lowest BCUT2D eigenvalue weighted by Gasteiger charge is -2.27. The molecule has 0 atom stereocenters. The molecule has 0 aliphatic rings. The fourth-order valence-corrected chi connectivity index (χ4v) is 2.15. The number of aliphatic hydroxyl groups is 1. The van der Waals surface area contributed by atoms with Crippen LogP contribution in [0.3, 0.4) is 0 Å². The van der Waals surface area contributed by atoms with Crippen LogP contribution in [-0.4, -0.2) is 18.4 Å². The second-order valence-electron chi connectivity index (χ2n) is 4.43. The zero-order chi connectivity index (χ0) is 11.5. The van der Waals surface area contributed by atoms with Crippen molar-refractivity contribution in [3.63, 3.8) is 0 Å². The first-order valence-corrected chi connectivity index (χ1v) is 5.85. The molecule has 3 heteroatoms. The minimum Gasteiger partial charge on any atom is -0.381 e. The van der Waals surface area contributed by atoms with E-state index in [2.05, 4.69) is 54.2 Å². The predicted octanol–water partition coefficient (Wildman–Crippen LogP) is 2.57. The largest absolute Gasteiger partial charge is 0.381 e. The Balaban J connectivity index is 2.97. The van der Waals surface area contributed by atoms with Gasteiger partial charge in [-0.05, 0) is 30.2 Å². The van der Waals surface area contributed by atoms with E-state index in [1.165, 1.54) is 11.1 Å². The molecule has 1 aromatic carbocycles. The summed E-state index contributed by atoms with van der Waals surface area (Å²) in [5.41, 5.74) is 2.61. The van der Waals surface area contributed by atoms with Crippen molar-refractivity contribution in [1.82, 2.24) is 5.32 Å². The van der Waals surface area contributed by atoms with Crippen LogP contribution < -0.4 is 5.32 Å². The van der Waals surface area contributed by atoms with Crippen LogP contribution in [0.1, 0.15) is 25.0 Å². The lowest BCUT2D eigenvalue weighted by atomic mass is 9.82. The topological polar surface area (TPSA) is 32.3 Å². The maximum absolute atomic E-state index is 8.78. The minimum atomic E-state index is 0.0243. The standard InChI is InChI=1S/C12H18BrNO/c1-9-4-5-10(13)6-11(9)12(2,3)7-14-8-15/h4-6,14-15H,7-8H2,1-3H3. The molecular formula is C12H18BrNO. The molecule has 0 heterocycles. The summed E-state index contributed by atoms with van der Waals surface area (Å²) >= 11 is 3.49. The van der Waals surface area contributed by atoms with E-state index in [0.717, 1.165) is 11.0 Å². The third kappa shape index (κ3) is 3.30. The number of halogens is 1. The van der Waals surface area contributed by atoms with Crippen molar-refractivity contribution >= 4 is 15.9 Å². The SMILES string of the molecule is Cc1ccc(Br)cc1C(C)(C)CNCO. The second-order valence-corrected chi connectivity index (χ2v) is 5.34. The molecule has 0 aromatic heterocycles. The molecule has 1 rings (SSSR count). The molecule has 0 aliphatic heterocycles. The third-order valence-electron chi connectivity index (χ3n) is 2.61. The van der Waals surface area contributed by atoms with Crippen molar-refractivity contribution in [2.75, 3.05) is 13.3 Å². The van der Waals surface area contributed by atoms with Crippen LogP contribution in [0.5, 0.6) is 0 Å². The molecule has 0 radical (unpaired) electrons. The van der Waals surface area contributed by atoms with Crippen LogP contribution in [-0.2, 0) is 5.41 Å². The normalized spacial score (nSPS) is 11.8. The predicted molar refractivity (Wildman–Crippen MR) is 67.0 cm³/mol. The Morgan fingerprint density at radius 1 is 1.40 bits per heavy atom. The first-order valence-electron chi connectivity index (χ1n) is 5.05. The molecule has 0 saturated heterocycles. The summed E-state index contributed by atoms with van der Waals surface area (Å²) in [5.74, 6) is 0. The summed E-state index contributed by atoms with van der Waals surface area (Å²) in [4.78, 5) is 0. The van der Waals surface area contributed by atoms with Gasteiger partial charge in [-0.1, -0.05) is 35.8 Å². The number of hydrogen-bond acceptors (Lipinski definition) is 2. The lowest BCUT2D eigenvalue weighted by molar-refractivity contribution is 0.247. The molecule has 0 unspecified atom stereocenters. The highest BCUT2D eigenvalue weighted by Gasteiger charge is 2.21. The van der Waals surface area contributed by atoms with E-state index in [4.69, 9.17) is 5.11 Å². The highest BCUT2D eigenvalue weighted by Crippen LogP contribution is 2.28. The number of aliphatic hydroxyl groups excluding tert-OH is 1. The van der Waals surface area contributed by atoms with E-state index in [1.807, 2.05) is 6.07 Å². The highest BCUT2D eigenvalue weighted by molar-refractivity contribution is 9.10. The molecule has 0 amide bonds. The average Bonchev–Trinajstić information content (AvgIpc) is 2.18. The Kier molecular flexibility index (Phi) is 4.32. The van der Waals surface area contributed by atoms with Crippen molar-refractivity contribution in [3.8, 4) is 0 Å². The third-order valence-corrected chi connectivity index (χ3v) is 3.10. The first kappa shape index (κ1) is 12.7. The van der Waals surface area contributed by atoms with Gasteiger partial charge in [-0.15, -0.1) is 0 Å². The number of aryl methyl sites for hydroxylation is 1. The fraction of sp³-hybridized carbons (Fsp3) is 0.500. The van der Waals surface area contributed by atoms with Crippen LogP contribution in [0.2, 0.25) is 0 Å². The quantitative estimate of drug-likeness (QED) is 0.826. The van der Waals surface area contributed by atoms with Crippen LogP contribution in [0.15, 0.2) is 22.7 Å². The van der Waals surface area contributed by atoms with Crippen LogP contribution in [0.4, 0.5) is 0 Å². The van der Waals surface area contributed by atoms with E-state index >= 15 is 0 Å². The van der Waals surface area contributed by atoms with Gasteiger partial charge in [-0.2, -0.15) is 0 Å². The van der Waals surface area contributed by atoms with Gasteiger partial charge < -0.3 is 5.11 Å². The number of hydrogen-bond donors (Lipinski definition) is 2. The molecule has 2 nitrogen and oxygen atoms in total. The molecule has 2 N–H and O–H groups in total. The van der Waals surface area contributed by atoms with E-state index in [0.29, 0.717) is 0 Å². The van der Waals surface area contributed by atoms with Crippen LogP contribution in [0, 0.1) is 6.92 Å². The van der Waals surface area contributed by atoms with E-state index in [9.17, 15) is 0 Å². The Bertz CT molecular complexity index is 336. The lowest BCUT2D eigenvalue weighted by Crippen LogP contribution is -2.34. The van der Waals surface area contributed by atoms with Gasteiger partial charge in [-0.3, -0.25) is 5.32 Å². The minimum absolute atomic E-state index is 0.0243. The molecule has 15 heavy (non-hydrogen) atoms. The van der Waals surface area contributed by atoms with Gasteiger partial charge in [0.05, 0.1) is 6.73 Å². The zero-order valence-corrected chi connectivity index (χ0v) is 11.1. The van der Waals surface area contributed by atoms with Gasteiger partial charge in [0.1, 0.15) is 0 Å². The van der Waals surface area contributed by atoms with E-state index in [1.54, 1.807) is 0 Å². The van der Waals surface area contributed by atoms with Crippen molar-refractivity contribution in [1.29, 1.82) is 0 Å². The van der Waals surface area contributed by atoms with E-state index < -0.39 is 0 Å². The summed E-state index contributed by atoms with van der Waals surface area (Å²) in [6.45, 7) is 7.24. The van der Waals surface area contributed by atoms with E-state index in [-0.39, 0.29) is 12.1 Å². The van der Waals surface area contributed by atoms with Crippen molar-refractivity contribution in [3.05, 3.63) is 33.8 Å². The summed E-state index contributed by atoms with van der Waals surface area (Å²) < 4.78 is 1.10. The number of rotatable bonds is 4. The smallest absolute Gasteiger partial charge is 0.0931 e. The average molecular weight is 272 g/mol. The van der Waals surface area contributed by atoms with Gasteiger partial charge in [0, 0.05) is 16.4 Å². The molecule has 0 fully saturated rings. The zero-order valence-electron chi connectivity index (χ0n) is 9.47. The Morgan fingerprint density at radius 2 is 2.07 bits per heavy atom. The number of nitrogens with one attached hydrogen (secondary N) is 1. The summed E-state index contributed by atoms with van der Waals surface area (Å²) in [7, 11) is 0. The molecular weight excluding hydrogens is 254 g/mol. The Labute approximate surface area is 99.8 Å². The Morgan fingerprint density at radius 3 is 2.67 bits per heavy atom. The maximum atomic E-state index is 8.78. The molecule has 0 aliphatic carbocycles. The molecule has 1 aromatic rings. The molecule has 84 valence electrons. The highest BCUT2D eigenvalue weighted by atomic mass is 79.9. The van der Waals surface area contributed by atoms with Crippen molar-refractivity contribution < 1.29 is 5.11 Å². The summed E-state index contributed by atoms with van der Waals surface area (Å²) in [6.07, 6.45) is 0. The molecule has 0 saturated carbocycles. The molecule has 0 spiro atoms. The Hall–Kier alpha value is -0.380. The van der Waals surface area contributed by atoms with Crippen LogP contribution >= 0.6 is 15.9 Å². The monoisotopic (exact) mass is 271 g/mol. The summed E-state index contributed by atoms with van der Waals surface area (Å²) in [5, 5.41) is 11.8. The van der Waals surface area contributed by atoms with Gasteiger partial charge in [0.15, 0.2) is 0 Å². The molecule has 0 bridgehead atoms.